The third-order valence-electron chi connectivity index (χ3n) is 3.56. The first-order valence-corrected chi connectivity index (χ1v) is 8.71. The molecule has 1 aromatic carbocycles. The van der Waals surface area contributed by atoms with Crippen molar-refractivity contribution in [3.8, 4) is 5.75 Å². The second-order valence-corrected chi connectivity index (χ2v) is 6.92. The van der Waals surface area contributed by atoms with Gasteiger partial charge in [-0.1, -0.05) is 12.1 Å². The first-order chi connectivity index (χ1) is 12.6. The Kier molecular flexibility index (Phi) is 5.18. The van der Waals surface area contributed by atoms with E-state index in [1.54, 1.807) is 24.3 Å². The molecule has 1 atom stereocenters. The lowest BCUT2D eigenvalue weighted by Gasteiger charge is -2.25. The molecule has 0 saturated carbocycles. The summed E-state index contributed by atoms with van der Waals surface area (Å²) in [4.78, 5) is 20.1. The number of hydrogen-bond donors (Lipinski definition) is 1. The molecule has 0 bridgehead atoms. The topological polar surface area (TPSA) is 63.7 Å². The van der Waals surface area contributed by atoms with Crippen LogP contribution in [-0.2, 0) is 9.63 Å². The molecule has 10 heteroatoms. The molecule has 144 valence electrons. The zero-order chi connectivity index (χ0) is 19.8. The summed E-state index contributed by atoms with van der Waals surface area (Å²) in [6.45, 7) is 3.76. The Morgan fingerprint density at radius 1 is 1.30 bits per heavy atom. The molecular formula is C17H15BrF3N3O3. The number of nitrogens with one attached hydrogen (secondary N) is 1. The average Bonchev–Trinajstić information content (AvgIpc) is 2.92. The summed E-state index contributed by atoms with van der Waals surface area (Å²) in [5.74, 6) is -1.41. The van der Waals surface area contributed by atoms with Gasteiger partial charge in [0.1, 0.15) is 11.4 Å². The van der Waals surface area contributed by atoms with Crippen LogP contribution in [0.3, 0.4) is 0 Å². The van der Waals surface area contributed by atoms with Gasteiger partial charge in [-0.3, -0.25) is 0 Å². The minimum atomic E-state index is -5.12. The minimum Gasteiger partial charge on any atom is -0.491 e. The molecule has 1 unspecified atom stereocenters. The molecule has 1 N–H and O–H groups in total. The van der Waals surface area contributed by atoms with E-state index < -0.39 is 18.3 Å². The fourth-order valence-electron chi connectivity index (χ4n) is 2.50. The number of aromatic nitrogens is 1. The van der Waals surface area contributed by atoms with Crippen LogP contribution in [0.4, 0.5) is 24.7 Å². The van der Waals surface area contributed by atoms with E-state index in [0.29, 0.717) is 21.6 Å². The zero-order valence-electron chi connectivity index (χ0n) is 14.2. The van der Waals surface area contributed by atoms with Crippen LogP contribution in [0.5, 0.6) is 5.75 Å². The third-order valence-corrected chi connectivity index (χ3v) is 3.99. The van der Waals surface area contributed by atoms with E-state index in [0.717, 1.165) is 5.06 Å². The lowest BCUT2D eigenvalue weighted by Crippen LogP contribution is -2.36. The quantitative estimate of drug-likeness (QED) is 0.742. The molecule has 3 rings (SSSR count). The molecular weight excluding hydrogens is 431 g/mol. The van der Waals surface area contributed by atoms with Crippen molar-refractivity contribution in [1.29, 1.82) is 0 Å². The van der Waals surface area contributed by atoms with Crippen LogP contribution in [-0.4, -0.2) is 23.2 Å². The van der Waals surface area contributed by atoms with Crippen molar-refractivity contribution >= 4 is 33.4 Å². The molecule has 0 amide bonds. The number of fused-ring (bicyclic) bond motifs is 1. The first-order valence-electron chi connectivity index (χ1n) is 7.92. The predicted molar refractivity (Wildman–Crippen MR) is 95.1 cm³/mol. The van der Waals surface area contributed by atoms with Gasteiger partial charge >= 0.3 is 12.1 Å². The standard InChI is InChI=1S/C17H15BrF3N3O3/c1-9(2)26-12-5-3-10(4-6-12)15-23-14-13(7-11(18)8-22-14)24(15)27-16(25)17(19,20)21/h3-9,15H,1-2H3,(H,22,23). The van der Waals surface area contributed by atoms with Crippen LogP contribution in [0, 0.1) is 0 Å². The fourth-order valence-corrected chi connectivity index (χ4v) is 2.82. The summed E-state index contributed by atoms with van der Waals surface area (Å²) in [7, 11) is 0. The number of carbonyl (C=O) groups is 1. The van der Waals surface area contributed by atoms with Crippen LogP contribution in [0.2, 0.25) is 0 Å². The van der Waals surface area contributed by atoms with Gasteiger partial charge < -0.3 is 14.9 Å². The number of alkyl halides is 3. The maximum atomic E-state index is 12.7. The van der Waals surface area contributed by atoms with Crippen molar-refractivity contribution < 1.29 is 27.5 Å². The van der Waals surface area contributed by atoms with E-state index in [9.17, 15) is 18.0 Å². The maximum Gasteiger partial charge on any atom is 0.493 e. The summed E-state index contributed by atoms with van der Waals surface area (Å²) in [6, 6.07) is 8.23. The van der Waals surface area contributed by atoms with Crippen LogP contribution in [0.25, 0.3) is 0 Å². The number of pyridine rings is 1. The Morgan fingerprint density at radius 3 is 2.56 bits per heavy atom. The normalized spacial score (nSPS) is 16.1. The molecule has 1 aromatic heterocycles. The van der Waals surface area contributed by atoms with Gasteiger partial charge in [-0.05, 0) is 53.5 Å². The van der Waals surface area contributed by atoms with E-state index in [4.69, 9.17) is 4.74 Å². The summed E-state index contributed by atoms with van der Waals surface area (Å²) in [6.07, 6.45) is -4.53. The molecule has 2 heterocycles. The molecule has 0 saturated heterocycles. The Morgan fingerprint density at radius 2 is 1.96 bits per heavy atom. The van der Waals surface area contributed by atoms with Crippen molar-refractivity contribution in [2.75, 3.05) is 10.4 Å². The van der Waals surface area contributed by atoms with Crippen molar-refractivity contribution in [3.63, 3.8) is 0 Å². The number of carbonyl (C=O) groups excluding carboxylic acids is 1. The number of hydrogen-bond acceptors (Lipinski definition) is 6. The third kappa shape index (κ3) is 4.26. The van der Waals surface area contributed by atoms with E-state index in [1.165, 1.54) is 12.3 Å². The van der Waals surface area contributed by atoms with E-state index >= 15 is 0 Å². The van der Waals surface area contributed by atoms with Crippen LogP contribution in [0.15, 0.2) is 41.0 Å². The van der Waals surface area contributed by atoms with Crippen molar-refractivity contribution in [3.05, 3.63) is 46.6 Å². The minimum absolute atomic E-state index is 0.0181. The Bertz CT molecular complexity index is 844. The maximum absolute atomic E-state index is 12.7. The van der Waals surface area contributed by atoms with Gasteiger partial charge in [0.15, 0.2) is 12.0 Å². The predicted octanol–water partition coefficient (Wildman–Crippen LogP) is 4.58. The van der Waals surface area contributed by atoms with Gasteiger partial charge in [-0.15, -0.1) is 0 Å². The summed E-state index contributed by atoms with van der Waals surface area (Å²) < 4.78 is 44.2. The first kappa shape index (κ1) is 19.3. The average molecular weight is 446 g/mol. The lowest BCUT2D eigenvalue weighted by molar-refractivity contribution is -0.201. The van der Waals surface area contributed by atoms with Crippen LogP contribution >= 0.6 is 15.9 Å². The Hall–Kier alpha value is -2.49. The number of nitrogens with zero attached hydrogens (tertiary/aromatic N) is 2. The van der Waals surface area contributed by atoms with Gasteiger partial charge in [0.05, 0.1) is 6.10 Å². The molecule has 2 aromatic rings. The van der Waals surface area contributed by atoms with E-state index in [2.05, 4.69) is 31.1 Å². The number of halogens is 4. The summed E-state index contributed by atoms with van der Waals surface area (Å²) in [5, 5.41) is 3.82. The highest BCUT2D eigenvalue weighted by Crippen LogP contribution is 2.42. The second-order valence-electron chi connectivity index (χ2n) is 6.01. The highest BCUT2D eigenvalue weighted by molar-refractivity contribution is 9.10. The Labute approximate surface area is 161 Å². The summed E-state index contributed by atoms with van der Waals surface area (Å²) >= 11 is 3.21. The fraction of sp³-hybridized carbons (Fsp3) is 0.294. The number of hydroxylamine groups is 1. The molecule has 0 radical (unpaired) electrons. The highest BCUT2D eigenvalue weighted by atomic mass is 79.9. The number of ether oxygens (including phenoxy) is 1. The monoisotopic (exact) mass is 445 g/mol. The molecule has 0 spiro atoms. The number of rotatable bonds is 4. The zero-order valence-corrected chi connectivity index (χ0v) is 15.8. The van der Waals surface area contributed by atoms with Gasteiger partial charge in [-0.25, -0.2) is 9.78 Å². The molecule has 0 aliphatic carbocycles. The number of anilines is 2. The van der Waals surface area contributed by atoms with Gasteiger partial charge in [-0.2, -0.15) is 18.2 Å². The molecule has 6 nitrogen and oxygen atoms in total. The highest BCUT2D eigenvalue weighted by Gasteiger charge is 2.45. The van der Waals surface area contributed by atoms with Gasteiger partial charge in [0, 0.05) is 10.7 Å². The van der Waals surface area contributed by atoms with Gasteiger partial charge in [0.2, 0.25) is 0 Å². The van der Waals surface area contributed by atoms with Gasteiger partial charge in [0.25, 0.3) is 0 Å². The molecule has 1 aliphatic rings. The van der Waals surface area contributed by atoms with E-state index in [1.807, 2.05) is 13.8 Å². The molecule has 1 aliphatic heterocycles. The summed E-state index contributed by atoms with van der Waals surface area (Å²) in [5.41, 5.74) is 0.768. The van der Waals surface area contributed by atoms with Crippen molar-refractivity contribution in [2.24, 2.45) is 0 Å². The smallest absolute Gasteiger partial charge is 0.491 e. The van der Waals surface area contributed by atoms with Crippen LogP contribution in [0.1, 0.15) is 25.6 Å². The Balaban J connectivity index is 1.92. The largest absolute Gasteiger partial charge is 0.493 e. The van der Waals surface area contributed by atoms with Crippen molar-refractivity contribution in [1.82, 2.24) is 4.98 Å². The number of benzene rings is 1. The SMILES string of the molecule is CC(C)Oc1ccc(C2Nc3ncc(Br)cc3N2OC(=O)C(F)(F)F)cc1. The lowest BCUT2D eigenvalue weighted by atomic mass is 10.1. The van der Waals surface area contributed by atoms with Crippen molar-refractivity contribution in [2.45, 2.75) is 32.3 Å². The molecule has 0 fully saturated rings. The second kappa shape index (κ2) is 7.26. The van der Waals surface area contributed by atoms with E-state index in [-0.39, 0.29) is 11.8 Å². The van der Waals surface area contributed by atoms with Crippen LogP contribution < -0.4 is 15.1 Å². The molecule has 27 heavy (non-hydrogen) atoms.